The lowest BCUT2D eigenvalue weighted by Crippen LogP contribution is -2.30. The molecule has 0 atom stereocenters. The number of rotatable bonds is 4. The Balaban J connectivity index is 2.06. The van der Waals surface area contributed by atoms with E-state index in [1.807, 2.05) is 42.5 Å². The van der Waals surface area contributed by atoms with Crippen molar-refractivity contribution < 1.29 is 9.53 Å². The summed E-state index contributed by atoms with van der Waals surface area (Å²) in [4.78, 5) is 13.5. The van der Waals surface area contributed by atoms with E-state index in [1.54, 1.807) is 11.9 Å². The third kappa shape index (κ3) is 3.47. The van der Waals surface area contributed by atoms with Gasteiger partial charge in [-0.25, -0.2) is 4.79 Å². The molecule has 0 saturated heterocycles. The topological polar surface area (TPSA) is 29.5 Å². The lowest BCUT2D eigenvalue weighted by atomic mass is 10.1. The maximum absolute atomic E-state index is 11.9. The largest absolute Gasteiger partial charge is 0.414 e. The first-order valence-corrected chi connectivity index (χ1v) is 6.62. The molecule has 1 amide bonds. The number of benzene rings is 2. The summed E-state index contributed by atoms with van der Waals surface area (Å²) in [6.07, 6.45) is 1.75. The van der Waals surface area contributed by atoms with E-state index in [-0.39, 0.29) is 6.09 Å². The fourth-order valence-electron chi connectivity index (χ4n) is 1.90. The van der Waals surface area contributed by atoms with Gasteiger partial charge < -0.3 is 9.64 Å². The van der Waals surface area contributed by atoms with Crippen LogP contribution in [-0.4, -0.2) is 24.6 Å². The van der Waals surface area contributed by atoms with Crippen LogP contribution in [0, 0.1) is 0 Å². The van der Waals surface area contributed by atoms with Crippen LogP contribution in [-0.2, 0) is 0 Å². The molecule has 19 heavy (non-hydrogen) atoms. The van der Waals surface area contributed by atoms with Crippen LogP contribution in [0.2, 0.25) is 0 Å². The molecular weight excluding hydrogens is 238 g/mol. The Morgan fingerprint density at radius 2 is 1.89 bits per heavy atom. The van der Waals surface area contributed by atoms with E-state index >= 15 is 0 Å². The summed E-state index contributed by atoms with van der Waals surface area (Å²) in [7, 11) is 1.76. The van der Waals surface area contributed by atoms with Gasteiger partial charge in [0.05, 0.1) is 0 Å². The van der Waals surface area contributed by atoms with Gasteiger partial charge in [-0.3, -0.25) is 0 Å². The molecule has 2 aromatic carbocycles. The molecule has 0 bridgehead atoms. The summed E-state index contributed by atoms with van der Waals surface area (Å²) in [6, 6.07) is 13.7. The van der Waals surface area contributed by atoms with Crippen LogP contribution in [0.4, 0.5) is 4.79 Å². The minimum atomic E-state index is -0.302. The van der Waals surface area contributed by atoms with E-state index in [1.165, 1.54) is 0 Å². The molecule has 0 unspecified atom stereocenters. The minimum Gasteiger partial charge on any atom is -0.410 e. The van der Waals surface area contributed by atoms with Crippen molar-refractivity contribution in [2.75, 3.05) is 13.6 Å². The van der Waals surface area contributed by atoms with Gasteiger partial charge in [0.25, 0.3) is 0 Å². The second kappa shape index (κ2) is 6.23. The first-order chi connectivity index (χ1) is 9.20. The summed E-state index contributed by atoms with van der Waals surface area (Å²) < 4.78 is 5.37. The van der Waals surface area contributed by atoms with Crippen LogP contribution in [0.1, 0.15) is 19.8 Å². The Morgan fingerprint density at radius 1 is 1.16 bits per heavy atom. The lowest BCUT2D eigenvalue weighted by molar-refractivity contribution is 0.162. The Hall–Kier alpha value is -2.03. The fraction of sp³-hybridized carbons (Fsp3) is 0.312. The molecule has 0 spiro atoms. The Labute approximate surface area is 113 Å². The highest BCUT2D eigenvalue weighted by molar-refractivity contribution is 5.84. The molecule has 0 aliphatic rings. The summed E-state index contributed by atoms with van der Waals surface area (Å²) in [6.45, 7) is 2.82. The van der Waals surface area contributed by atoms with Gasteiger partial charge in [-0.05, 0) is 29.3 Å². The maximum Gasteiger partial charge on any atom is 0.414 e. The summed E-state index contributed by atoms with van der Waals surface area (Å²) in [5.74, 6) is 0.590. The zero-order valence-electron chi connectivity index (χ0n) is 11.4. The molecule has 2 rings (SSSR count). The SMILES string of the molecule is CCCCN(C)C(=O)Oc1ccc2ccccc2c1. The summed E-state index contributed by atoms with van der Waals surface area (Å²) in [5, 5.41) is 2.21. The van der Waals surface area contributed by atoms with Gasteiger partial charge in [-0.1, -0.05) is 43.7 Å². The molecule has 0 aliphatic carbocycles. The Bertz CT molecular complexity index is 565. The number of unbranched alkanes of at least 4 members (excludes halogenated alkanes) is 1. The number of carbonyl (C=O) groups excluding carboxylic acids is 1. The highest BCUT2D eigenvalue weighted by atomic mass is 16.6. The van der Waals surface area contributed by atoms with E-state index in [4.69, 9.17) is 4.74 Å². The molecule has 0 heterocycles. The second-order valence-electron chi connectivity index (χ2n) is 4.65. The molecule has 0 fully saturated rings. The number of fused-ring (bicyclic) bond motifs is 1. The van der Waals surface area contributed by atoms with Gasteiger partial charge >= 0.3 is 6.09 Å². The third-order valence-corrected chi connectivity index (χ3v) is 3.08. The van der Waals surface area contributed by atoms with E-state index in [2.05, 4.69) is 6.92 Å². The molecule has 0 saturated carbocycles. The van der Waals surface area contributed by atoms with E-state index in [0.717, 1.165) is 30.2 Å². The van der Waals surface area contributed by atoms with Crippen molar-refractivity contribution in [3.05, 3.63) is 42.5 Å². The highest BCUT2D eigenvalue weighted by Gasteiger charge is 2.10. The monoisotopic (exact) mass is 257 g/mol. The van der Waals surface area contributed by atoms with Crippen LogP contribution >= 0.6 is 0 Å². The van der Waals surface area contributed by atoms with Gasteiger partial charge in [0.1, 0.15) is 5.75 Å². The smallest absolute Gasteiger partial charge is 0.410 e. The maximum atomic E-state index is 11.9. The fourth-order valence-corrected chi connectivity index (χ4v) is 1.90. The van der Waals surface area contributed by atoms with Crippen LogP contribution < -0.4 is 4.74 Å². The van der Waals surface area contributed by atoms with E-state index in [0.29, 0.717) is 5.75 Å². The van der Waals surface area contributed by atoms with Gasteiger partial charge in [0.15, 0.2) is 0 Å². The zero-order chi connectivity index (χ0) is 13.7. The molecular formula is C16H19NO2. The van der Waals surface area contributed by atoms with Crippen LogP contribution in [0.15, 0.2) is 42.5 Å². The molecule has 3 heteroatoms. The predicted octanol–water partition coefficient (Wildman–Crippen LogP) is 4.07. The summed E-state index contributed by atoms with van der Waals surface area (Å²) in [5.41, 5.74) is 0. The number of hydrogen-bond donors (Lipinski definition) is 0. The second-order valence-corrected chi connectivity index (χ2v) is 4.65. The third-order valence-electron chi connectivity index (χ3n) is 3.08. The summed E-state index contributed by atoms with van der Waals surface area (Å²) >= 11 is 0. The quantitative estimate of drug-likeness (QED) is 0.826. The molecule has 2 aromatic rings. The lowest BCUT2D eigenvalue weighted by Gasteiger charge is -2.16. The zero-order valence-corrected chi connectivity index (χ0v) is 11.4. The standard InChI is InChI=1S/C16H19NO2/c1-3-4-11-17(2)16(18)19-15-10-9-13-7-5-6-8-14(13)12-15/h5-10,12H,3-4,11H2,1-2H3. The molecule has 0 aromatic heterocycles. The van der Waals surface area contributed by atoms with Crippen molar-refractivity contribution in [1.82, 2.24) is 4.90 Å². The van der Waals surface area contributed by atoms with Crippen molar-refractivity contribution in [3.8, 4) is 5.75 Å². The van der Waals surface area contributed by atoms with Crippen LogP contribution in [0.5, 0.6) is 5.75 Å². The number of hydrogen-bond acceptors (Lipinski definition) is 2. The van der Waals surface area contributed by atoms with Gasteiger partial charge in [-0.15, -0.1) is 0 Å². The van der Waals surface area contributed by atoms with Crippen molar-refractivity contribution in [3.63, 3.8) is 0 Å². The van der Waals surface area contributed by atoms with Gasteiger partial charge in [-0.2, -0.15) is 0 Å². The number of amides is 1. The van der Waals surface area contributed by atoms with Gasteiger partial charge in [0, 0.05) is 13.6 Å². The van der Waals surface area contributed by atoms with Crippen molar-refractivity contribution >= 4 is 16.9 Å². The number of carbonyl (C=O) groups is 1. The molecule has 0 radical (unpaired) electrons. The molecule has 3 nitrogen and oxygen atoms in total. The van der Waals surface area contributed by atoms with Gasteiger partial charge in [0.2, 0.25) is 0 Å². The van der Waals surface area contributed by atoms with Crippen LogP contribution in [0.3, 0.4) is 0 Å². The van der Waals surface area contributed by atoms with Crippen molar-refractivity contribution in [2.45, 2.75) is 19.8 Å². The van der Waals surface area contributed by atoms with Crippen molar-refractivity contribution in [2.24, 2.45) is 0 Å². The van der Waals surface area contributed by atoms with Crippen molar-refractivity contribution in [1.29, 1.82) is 0 Å². The van der Waals surface area contributed by atoms with Crippen LogP contribution in [0.25, 0.3) is 10.8 Å². The minimum absolute atomic E-state index is 0.302. The average Bonchev–Trinajstić information content (AvgIpc) is 2.44. The Kier molecular flexibility index (Phi) is 4.39. The first kappa shape index (κ1) is 13.4. The first-order valence-electron chi connectivity index (χ1n) is 6.62. The predicted molar refractivity (Wildman–Crippen MR) is 77.5 cm³/mol. The molecule has 0 N–H and O–H groups in total. The van der Waals surface area contributed by atoms with E-state index in [9.17, 15) is 4.79 Å². The Morgan fingerprint density at radius 3 is 2.63 bits per heavy atom. The number of nitrogens with zero attached hydrogens (tertiary/aromatic N) is 1. The van der Waals surface area contributed by atoms with E-state index < -0.39 is 0 Å². The number of ether oxygens (including phenoxy) is 1. The molecule has 0 aliphatic heterocycles. The normalized spacial score (nSPS) is 10.4. The average molecular weight is 257 g/mol. The highest BCUT2D eigenvalue weighted by Crippen LogP contribution is 2.21. The molecule has 100 valence electrons.